The Morgan fingerprint density at radius 2 is 2.20 bits per heavy atom. The molecule has 1 aromatic heterocycles. The SMILES string of the molecule is Clc1ccc(OCCBr)c2ncccc12. The highest BCUT2D eigenvalue weighted by Crippen LogP contribution is 2.29. The average Bonchev–Trinajstić information content (AvgIpc) is 2.29. The van der Waals surface area contributed by atoms with Gasteiger partial charge in [-0.25, -0.2) is 0 Å². The third-order valence-corrected chi connectivity index (χ3v) is 2.67. The molecule has 0 N–H and O–H groups in total. The third kappa shape index (κ3) is 2.24. The van der Waals surface area contributed by atoms with E-state index in [1.165, 1.54) is 0 Å². The fourth-order valence-corrected chi connectivity index (χ4v) is 1.75. The number of ether oxygens (including phenoxy) is 1. The van der Waals surface area contributed by atoms with E-state index >= 15 is 0 Å². The Morgan fingerprint density at radius 3 is 3.00 bits per heavy atom. The van der Waals surface area contributed by atoms with Gasteiger partial charge in [0, 0.05) is 16.9 Å². The molecule has 0 radical (unpaired) electrons. The van der Waals surface area contributed by atoms with Crippen LogP contribution in [0.4, 0.5) is 0 Å². The molecule has 0 aliphatic carbocycles. The first-order valence-electron chi connectivity index (χ1n) is 4.55. The summed E-state index contributed by atoms with van der Waals surface area (Å²) >= 11 is 9.37. The van der Waals surface area contributed by atoms with Crippen molar-refractivity contribution >= 4 is 38.4 Å². The second-order valence-corrected chi connectivity index (χ2v) is 4.18. The lowest BCUT2D eigenvalue weighted by molar-refractivity contribution is 0.348. The van der Waals surface area contributed by atoms with Crippen LogP contribution in [-0.2, 0) is 0 Å². The third-order valence-electron chi connectivity index (χ3n) is 2.01. The molecule has 1 heterocycles. The summed E-state index contributed by atoms with van der Waals surface area (Å²) in [7, 11) is 0. The standard InChI is InChI=1S/C11H9BrClNO/c12-5-7-15-10-4-3-9(13)8-2-1-6-14-11(8)10/h1-4,6H,5,7H2. The van der Waals surface area contributed by atoms with Crippen molar-refractivity contribution in [2.24, 2.45) is 0 Å². The maximum absolute atomic E-state index is 6.06. The first-order chi connectivity index (χ1) is 7.33. The first kappa shape index (κ1) is 10.7. The number of benzene rings is 1. The predicted octanol–water partition coefficient (Wildman–Crippen LogP) is 3.66. The van der Waals surface area contributed by atoms with Gasteiger partial charge in [0.15, 0.2) is 0 Å². The Hall–Kier alpha value is -0.800. The Morgan fingerprint density at radius 1 is 1.33 bits per heavy atom. The molecule has 2 aromatic rings. The highest BCUT2D eigenvalue weighted by atomic mass is 79.9. The predicted molar refractivity (Wildman–Crippen MR) is 66.0 cm³/mol. The number of alkyl halides is 1. The monoisotopic (exact) mass is 285 g/mol. The lowest BCUT2D eigenvalue weighted by atomic mass is 10.2. The van der Waals surface area contributed by atoms with Crippen LogP contribution in [0.2, 0.25) is 5.02 Å². The van der Waals surface area contributed by atoms with Crippen LogP contribution in [-0.4, -0.2) is 16.9 Å². The molecule has 0 unspecified atom stereocenters. The number of aromatic nitrogens is 1. The van der Waals surface area contributed by atoms with Crippen LogP contribution in [0.25, 0.3) is 10.9 Å². The van der Waals surface area contributed by atoms with Crippen molar-refractivity contribution < 1.29 is 4.74 Å². The average molecular weight is 287 g/mol. The number of rotatable bonds is 3. The lowest BCUT2D eigenvalue weighted by Gasteiger charge is -2.07. The fraction of sp³-hybridized carbons (Fsp3) is 0.182. The van der Waals surface area contributed by atoms with Crippen molar-refractivity contribution in [2.75, 3.05) is 11.9 Å². The highest BCUT2D eigenvalue weighted by Gasteiger charge is 2.05. The van der Waals surface area contributed by atoms with Crippen molar-refractivity contribution in [3.63, 3.8) is 0 Å². The van der Waals surface area contributed by atoms with Gasteiger partial charge in [-0.3, -0.25) is 4.98 Å². The van der Waals surface area contributed by atoms with Gasteiger partial charge in [0.25, 0.3) is 0 Å². The molecule has 2 rings (SSSR count). The minimum atomic E-state index is 0.618. The van der Waals surface area contributed by atoms with E-state index in [2.05, 4.69) is 20.9 Å². The maximum Gasteiger partial charge on any atom is 0.145 e. The van der Waals surface area contributed by atoms with Gasteiger partial charge in [0.2, 0.25) is 0 Å². The largest absolute Gasteiger partial charge is 0.490 e. The van der Waals surface area contributed by atoms with E-state index in [0.29, 0.717) is 11.6 Å². The molecular weight excluding hydrogens is 277 g/mol. The van der Waals surface area contributed by atoms with Crippen LogP contribution in [0.1, 0.15) is 0 Å². The van der Waals surface area contributed by atoms with Crippen LogP contribution in [0.5, 0.6) is 5.75 Å². The fourth-order valence-electron chi connectivity index (χ4n) is 1.38. The lowest BCUT2D eigenvalue weighted by Crippen LogP contribution is -1.98. The highest BCUT2D eigenvalue weighted by molar-refractivity contribution is 9.09. The zero-order valence-electron chi connectivity index (χ0n) is 7.91. The van der Waals surface area contributed by atoms with E-state index in [4.69, 9.17) is 16.3 Å². The van der Waals surface area contributed by atoms with Gasteiger partial charge in [-0.2, -0.15) is 0 Å². The van der Waals surface area contributed by atoms with Crippen LogP contribution in [0, 0.1) is 0 Å². The molecule has 78 valence electrons. The molecule has 0 aliphatic heterocycles. The zero-order chi connectivity index (χ0) is 10.7. The van der Waals surface area contributed by atoms with Crippen molar-refractivity contribution in [2.45, 2.75) is 0 Å². The zero-order valence-corrected chi connectivity index (χ0v) is 10.3. The molecule has 0 fully saturated rings. The molecule has 4 heteroatoms. The van der Waals surface area contributed by atoms with Gasteiger partial charge >= 0.3 is 0 Å². The summed E-state index contributed by atoms with van der Waals surface area (Å²) in [5, 5.41) is 2.42. The molecular formula is C11H9BrClNO. The Balaban J connectivity index is 2.51. The maximum atomic E-state index is 6.06. The van der Waals surface area contributed by atoms with Crippen molar-refractivity contribution in [1.29, 1.82) is 0 Å². The summed E-state index contributed by atoms with van der Waals surface area (Å²) in [6, 6.07) is 7.48. The van der Waals surface area contributed by atoms with Gasteiger partial charge < -0.3 is 4.74 Å². The normalized spacial score (nSPS) is 10.5. The van der Waals surface area contributed by atoms with Crippen LogP contribution in [0.3, 0.4) is 0 Å². The van der Waals surface area contributed by atoms with E-state index in [-0.39, 0.29) is 0 Å². The molecule has 0 saturated heterocycles. The molecule has 15 heavy (non-hydrogen) atoms. The minimum Gasteiger partial charge on any atom is -0.490 e. The molecule has 1 aromatic carbocycles. The van der Waals surface area contributed by atoms with Gasteiger partial charge in [-0.1, -0.05) is 27.5 Å². The van der Waals surface area contributed by atoms with Crippen molar-refractivity contribution in [3.8, 4) is 5.75 Å². The van der Waals surface area contributed by atoms with Gasteiger partial charge in [-0.05, 0) is 24.3 Å². The Bertz CT molecular complexity index is 475. The summed E-state index contributed by atoms with van der Waals surface area (Å²) in [6.07, 6.45) is 1.74. The van der Waals surface area contributed by atoms with E-state index in [0.717, 1.165) is 22.0 Å². The Labute approximate surface area is 101 Å². The number of halogens is 2. The number of hydrogen-bond acceptors (Lipinski definition) is 2. The molecule has 0 spiro atoms. The number of fused-ring (bicyclic) bond motifs is 1. The number of pyridine rings is 1. The second kappa shape index (κ2) is 4.81. The van der Waals surface area contributed by atoms with E-state index in [1.54, 1.807) is 6.20 Å². The second-order valence-electron chi connectivity index (χ2n) is 2.98. The molecule has 0 atom stereocenters. The minimum absolute atomic E-state index is 0.618. The summed E-state index contributed by atoms with van der Waals surface area (Å²) in [4.78, 5) is 4.27. The van der Waals surface area contributed by atoms with Gasteiger partial charge in [0.1, 0.15) is 11.3 Å². The quantitative estimate of drug-likeness (QED) is 0.803. The van der Waals surface area contributed by atoms with Gasteiger partial charge in [0.05, 0.1) is 11.6 Å². The summed E-state index contributed by atoms with van der Waals surface area (Å²) in [6.45, 7) is 0.618. The van der Waals surface area contributed by atoms with Crippen LogP contribution >= 0.6 is 27.5 Å². The molecule has 0 bridgehead atoms. The molecule has 0 saturated carbocycles. The summed E-state index contributed by atoms with van der Waals surface area (Å²) in [5.74, 6) is 0.773. The van der Waals surface area contributed by atoms with Crippen LogP contribution < -0.4 is 4.74 Å². The van der Waals surface area contributed by atoms with E-state index < -0.39 is 0 Å². The number of hydrogen-bond donors (Lipinski definition) is 0. The molecule has 0 amide bonds. The first-order valence-corrected chi connectivity index (χ1v) is 6.05. The number of nitrogens with zero attached hydrogens (tertiary/aromatic N) is 1. The summed E-state index contributed by atoms with van der Waals surface area (Å²) < 4.78 is 5.56. The van der Waals surface area contributed by atoms with E-state index in [1.807, 2.05) is 24.3 Å². The van der Waals surface area contributed by atoms with Crippen molar-refractivity contribution in [1.82, 2.24) is 4.98 Å². The van der Waals surface area contributed by atoms with Crippen LogP contribution in [0.15, 0.2) is 30.5 Å². The van der Waals surface area contributed by atoms with E-state index in [9.17, 15) is 0 Å². The summed E-state index contributed by atoms with van der Waals surface area (Å²) in [5.41, 5.74) is 0.811. The topological polar surface area (TPSA) is 22.1 Å². The Kier molecular flexibility index (Phi) is 3.44. The smallest absolute Gasteiger partial charge is 0.145 e. The molecule has 2 nitrogen and oxygen atoms in total. The van der Waals surface area contributed by atoms with Crippen molar-refractivity contribution in [3.05, 3.63) is 35.5 Å². The van der Waals surface area contributed by atoms with Gasteiger partial charge in [-0.15, -0.1) is 0 Å². The molecule has 0 aliphatic rings.